The molecule has 0 aliphatic rings. The topological polar surface area (TPSA) is 46.5 Å². The third-order valence-corrected chi connectivity index (χ3v) is 2.35. The Bertz CT molecular complexity index is 500. The van der Waals surface area contributed by atoms with Crippen molar-refractivity contribution in [1.82, 2.24) is 0 Å². The molecule has 0 spiro atoms. The molecule has 1 N–H and O–H groups in total. The van der Waals surface area contributed by atoms with Gasteiger partial charge in [-0.3, -0.25) is 0 Å². The van der Waals surface area contributed by atoms with Crippen LogP contribution in [0.3, 0.4) is 0 Å². The molecule has 2 aromatic rings. The SMILES string of the molecule is O=C(O)c1ccc(OCc2ccccc2)cc1.[H-].[K+]. The van der Waals surface area contributed by atoms with Gasteiger partial charge in [0.15, 0.2) is 0 Å². The smallest absolute Gasteiger partial charge is 1.00 e. The van der Waals surface area contributed by atoms with Crippen LogP contribution in [0, 0.1) is 0 Å². The zero-order valence-electron chi connectivity index (χ0n) is 11.2. The molecule has 0 fully saturated rings. The number of ether oxygens (including phenoxy) is 1. The fourth-order valence-electron chi connectivity index (χ4n) is 1.43. The number of hydrogen-bond acceptors (Lipinski definition) is 2. The Morgan fingerprint density at radius 2 is 1.67 bits per heavy atom. The molecule has 2 rings (SSSR count). The Labute approximate surface area is 150 Å². The Balaban J connectivity index is 0.00000162. The molecule has 0 saturated carbocycles. The fraction of sp³-hybridized carbons (Fsp3) is 0.0714. The summed E-state index contributed by atoms with van der Waals surface area (Å²) >= 11 is 0. The number of carboxylic acid groups (broad SMARTS) is 1. The van der Waals surface area contributed by atoms with Crippen LogP contribution < -0.4 is 56.1 Å². The zero-order valence-corrected chi connectivity index (χ0v) is 13.3. The fourth-order valence-corrected chi connectivity index (χ4v) is 1.43. The Morgan fingerprint density at radius 1 is 1.06 bits per heavy atom. The zero-order chi connectivity index (χ0) is 12.1. The van der Waals surface area contributed by atoms with Gasteiger partial charge in [-0.15, -0.1) is 0 Å². The van der Waals surface area contributed by atoms with Crippen molar-refractivity contribution in [3.05, 3.63) is 65.7 Å². The number of hydrogen-bond donors (Lipinski definition) is 1. The van der Waals surface area contributed by atoms with Crippen molar-refractivity contribution >= 4 is 5.97 Å². The summed E-state index contributed by atoms with van der Waals surface area (Å²) < 4.78 is 5.53. The van der Waals surface area contributed by atoms with E-state index in [1.165, 1.54) is 12.1 Å². The van der Waals surface area contributed by atoms with Crippen LogP contribution in [0.2, 0.25) is 0 Å². The molecular formula is C14H13KO3. The molecule has 88 valence electrons. The van der Waals surface area contributed by atoms with Crippen molar-refractivity contribution in [3.63, 3.8) is 0 Å². The van der Waals surface area contributed by atoms with Crippen LogP contribution in [0.1, 0.15) is 17.3 Å². The largest absolute Gasteiger partial charge is 1.00 e. The predicted molar refractivity (Wildman–Crippen MR) is 65.3 cm³/mol. The van der Waals surface area contributed by atoms with E-state index in [0.717, 1.165) is 5.56 Å². The molecule has 0 atom stereocenters. The van der Waals surface area contributed by atoms with Crippen molar-refractivity contribution in [1.29, 1.82) is 0 Å². The molecule has 4 heteroatoms. The maximum Gasteiger partial charge on any atom is 1.00 e. The van der Waals surface area contributed by atoms with E-state index in [4.69, 9.17) is 9.84 Å². The van der Waals surface area contributed by atoms with Crippen LogP contribution in [-0.4, -0.2) is 11.1 Å². The standard InChI is InChI=1S/C14H12O3.K.H/c15-14(16)12-6-8-13(9-7-12)17-10-11-4-2-1-3-5-11;;/h1-9H,10H2,(H,15,16);;/q;+1;-1. The van der Waals surface area contributed by atoms with E-state index in [1.54, 1.807) is 12.1 Å². The summed E-state index contributed by atoms with van der Waals surface area (Å²) in [6.07, 6.45) is 0. The van der Waals surface area contributed by atoms with Gasteiger partial charge in [0.05, 0.1) is 5.56 Å². The number of benzene rings is 2. The van der Waals surface area contributed by atoms with Crippen LogP contribution in [0.25, 0.3) is 0 Å². The normalized spacial score (nSPS) is 9.33. The van der Waals surface area contributed by atoms with Crippen LogP contribution >= 0.6 is 0 Å². The number of carboxylic acids is 1. The molecule has 0 bridgehead atoms. The second kappa shape index (κ2) is 7.71. The summed E-state index contributed by atoms with van der Waals surface area (Å²) in [6, 6.07) is 16.2. The summed E-state index contributed by atoms with van der Waals surface area (Å²) in [7, 11) is 0. The van der Waals surface area contributed by atoms with Crippen molar-refractivity contribution in [2.75, 3.05) is 0 Å². The maximum atomic E-state index is 10.7. The summed E-state index contributed by atoms with van der Waals surface area (Å²) in [4.78, 5) is 10.7. The third kappa shape index (κ3) is 4.55. The maximum absolute atomic E-state index is 10.7. The Kier molecular flexibility index (Phi) is 6.60. The van der Waals surface area contributed by atoms with E-state index in [9.17, 15) is 4.79 Å². The third-order valence-electron chi connectivity index (χ3n) is 2.35. The molecule has 0 radical (unpaired) electrons. The molecule has 0 heterocycles. The predicted octanol–water partition coefficient (Wildman–Crippen LogP) is 0.0803. The second-order valence-corrected chi connectivity index (χ2v) is 3.60. The van der Waals surface area contributed by atoms with E-state index >= 15 is 0 Å². The first-order valence-electron chi connectivity index (χ1n) is 5.26. The van der Waals surface area contributed by atoms with Crippen molar-refractivity contribution < 1.29 is 67.4 Å². The monoisotopic (exact) mass is 268 g/mol. The molecule has 0 aliphatic carbocycles. The molecular weight excluding hydrogens is 255 g/mol. The van der Waals surface area contributed by atoms with Gasteiger partial charge in [0.25, 0.3) is 0 Å². The average molecular weight is 268 g/mol. The Hall–Kier alpha value is -0.654. The van der Waals surface area contributed by atoms with E-state index in [2.05, 4.69) is 0 Å². The number of rotatable bonds is 4. The quantitative estimate of drug-likeness (QED) is 0.799. The van der Waals surface area contributed by atoms with E-state index < -0.39 is 5.97 Å². The van der Waals surface area contributed by atoms with Gasteiger partial charge in [0.2, 0.25) is 0 Å². The van der Waals surface area contributed by atoms with Crippen LogP contribution in [0.5, 0.6) is 5.75 Å². The van der Waals surface area contributed by atoms with Crippen molar-refractivity contribution in [2.45, 2.75) is 6.61 Å². The van der Waals surface area contributed by atoms with E-state index in [-0.39, 0.29) is 58.4 Å². The molecule has 0 saturated heterocycles. The van der Waals surface area contributed by atoms with Crippen LogP contribution in [0.4, 0.5) is 0 Å². The van der Waals surface area contributed by atoms with E-state index in [1.807, 2.05) is 30.3 Å². The van der Waals surface area contributed by atoms with Gasteiger partial charge in [0, 0.05) is 0 Å². The summed E-state index contributed by atoms with van der Waals surface area (Å²) in [6.45, 7) is 0.479. The number of aromatic carboxylic acids is 1. The molecule has 0 amide bonds. The van der Waals surface area contributed by atoms with Gasteiger partial charge in [-0.1, -0.05) is 30.3 Å². The van der Waals surface area contributed by atoms with Gasteiger partial charge in [-0.2, -0.15) is 0 Å². The molecule has 3 nitrogen and oxygen atoms in total. The van der Waals surface area contributed by atoms with Gasteiger partial charge >= 0.3 is 57.4 Å². The van der Waals surface area contributed by atoms with Gasteiger partial charge in [-0.05, 0) is 29.8 Å². The first kappa shape index (κ1) is 15.4. The van der Waals surface area contributed by atoms with Gasteiger partial charge in [0.1, 0.15) is 12.4 Å². The molecule has 2 aromatic carbocycles. The van der Waals surface area contributed by atoms with Crippen LogP contribution in [-0.2, 0) is 6.61 Å². The summed E-state index contributed by atoms with van der Waals surface area (Å²) in [5.41, 5.74) is 1.34. The molecule has 18 heavy (non-hydrogen) atoms. The molecule has 0 aromatic heterocycles. The Morgan fingerprint density at radius 3 is 2.22 bits per heavy atom. The molecule has 0 aliphatic heterocycles. The van der Waals surface area contributed by atoms with Gasteiger partial charge in [-0.25, -0.2) is 4.79 Å². The van der Waals surface area contributed by atoms with Crippen LogP contribution in [0.15, 0.2) is 54.6 Å². The minimum atomic E-state index is -0.931. The first-order valence-corrected chi connectivity index (χ1v) is 5.26. The minimum Gasteiger partial charge on any atom is -1.00 e. The van der Waals surface area contributed by atoms with Crippen molar-refractivity contribution in [2.24, 2.45) is 0 Å². The van der Waals surface area contributed by atoms with Crippen molar-refractivity contribution in [3.8, 4) is 5.75 Å². The second-order valence-electron chi connectivity index (χ2n) is 3.60. The average Bonchev–Trinajstić information content (AvgIpc) is 2.38. The van der Waals surface area contributed by atoms with E-state index in [0.29, 0.717) is 12.4 Å². The first-order chi connectivity index (χ1) is 8.25. The summed E-state index contributed by atoms with van der Waals surface area (Å²) in [5.74, 6) is -0.265. The minimum absolute atomic E-state index is 0. The van der Waals surface area contributed by atoms with Gasteiger partial charge < -0.3 is 11.3 Å². The number of carbonyl (C=O) groups is 1. The summed E-state index contributed by atoms with van der Waals surface area (Å²) in [5, 5.41) is 8.74. The molecule has 0 unspecified atom stereocenters.